The van der Waals surface area contributed by atoms with Crippen molar-refractivity contribution >= 4 is 23.1 Å². The van der Waals surface area contributed by atoms with Crippen molar-refractivity contribution in [1.82, 2.24) is 0 Å². The highest BCUT2D eigenvalue weighted by Gasteiger charge is 2.45. The topological polar surface area (TPSA) is 78.6 Å². The summed E-state index contributed by atoms with van der Waals surface area (Å²) in [6.07, 6.45) is 0.750. The molecular weight excluding hydrogens is 338 g/mol. The zero-order valence-electron chi connectivity index (χ0n) is 14.9. The molecule has 0 saturated heterocycles. The van der Waals surface area contributed by atoms with Gasteiger partial charge >= 0.3 is 5.97 Å². The highest BCUT2D eigenvalue weighted by Crippen LogP contribution is 2.49. The second kappa shape index (κ2) is 6.33. The number of ether oxygens (including phenoxy) is 2. The molecule has 0 bridgehead atoms. The Kier molecular flexibility index (Phi) is 4.49. The summed E-state index contributed by atoms with van der Waals surface area (Å²) in [5.74, 6) is -0.424. The van der Waals surface area contributed by atoms with Crippen LogP contribution in [0.3, 0.4) is 0 Å². The van der Waals surface area contributed by atoms with E-state index in [1.165, 1.54) is 11.3 Å². The Morgan fingerprint density at radius 1 is 1.40 bits per heavy atom. The number of nitrogens with two attached hydrogens (primary N) is 1. The Morgan fingerprint density at radius 3 is 2.72 bits per heavy atom. The molecule has 0 spiro atoms. The molecule has 3 rings (SSSR count). The van der Waals surface area contributed by atoms with Crippen molar-refractivity contribution in [1.29, 1.82) is 0 Å². The van der Waals surface area contributed by atoms with Crippen LogP contribution in [0, 0.1) is 5.41 Å². The van der Waals surface area contributed by atoms with E-state index in [1.54, 1.807) is 13.8 Å². The van der Waals surface area contributed by atoms with Gasteiger partial charge in [-0.25, -0.2) is 4.79 Å². The van der Waals surface area contributed by atoms with E-state index in [9.17, 15) is 9.59 Å². The number of ketones is 1. The Balaban J connectivity index is 2.12. The van der Waals surface area contributed by atoms with Crippen molar-refractivity contribution in [3.63, 3.8) is 0 Å². The molecule has 0 amide bonds. The second-order valence-corrected chi connectivity index (χ2v) is 8.54. The van der Waals surface area contributed by atoms with Crippen LogP contribution in [-0.2, 0) is 19.1 Å². The van der Waals surface area contributed by atoms with Crippen LogP contribution in [0.15, 0.2) is 40.3 Å². The van der Waals surface area contributed by atoms with Crippen LogP contribution in [0.5, 0.6) is 0 Å². The first-order valence-electron chi connectivity index (χ1n) is 8.38. The summed E-state index contributed by atoms with van der Waals surface area (Å²) in [5.41, 5.74) is 6.69. The average Bonchev–Trinajstić information content (AvgIpc) is 2.96. The van der Waals surface area contributed by atoms with Gasteiger partial charge in [0.05, 0.1) is 12.0 Å². The molecule has 25 heavy (non-hydrogen) atoms. The van der Waals surface area contributed by atoms with Gasteiger partial charge in [-0.3, -0.25) is 4.79 Å². The molecule has 0 aromatic carbocycles. The zero-order chi connectivity index (χ0) is 18.4. The van der Waals surface area contributed by atoms with Gasteiger partial charge in [-0.15, -0.1) is 11.3 Å². The third-order valence-electron chi connectivity index (χ3n) is 4.35. The summed E-state index contributed by atoms with van der Waals surface area (Å²) in [5, 5.41) is 1.92. The number of hydrogen-bond acceptors (Lipinski definition) is 6. The van der Waals surface area contributed by atoms with Crippen LogP contribution in [0.1, 0.15) is 51.3 Å². The first-order chi connectivity index (χ1) is 11.7. The van der Waals surface area contributed by atoms with Gasteiger partial charge in [0.15, 0.2) is 5.78 Å². The zero-order valence-corrected chi connectivity index (χ0v) is 15.7. The molecule has 134 valence electrons. The van der Waals surface area contributed by atoms with E-state index in [4.69, 9.17) is 15.2 Å². The lowest BCUT2D eigenvalue weighted by Gasteiger charge is -2.37. The van der Waals surface area contributed by atoms with E-state index in [-0.39, 0.29) is 28.8 Å². The highest BCUT2D eigenvalue weighted by molar-refractivity contribution is 7.10. The Hall–Kier alpha value is -2.08. The Bertz CT molecular complexity index is 771. The van der Waals surface area contributed by atoms with Crippen LogP contribution in [0.25, 0.3) is 0 Å². The largest absolute Gasteiger partial charge is 0.459 e. The smallest absolute Gasteiger partial charge is 0.340 e. The SMILES string of the molecule is CC(C)OC(=O)C1=C(N)OC2=C(C(=O)CC(C)(C)C2)[C@@H]1c1cccs1. The molecule has 2 aliphatic rings. The number of Topliss-reactive ketones (excluding diaryl/α,β-unsaturated/α-hetero) is 1. The molecule has 1 atom stereocenters. The van der Waals surface area contributed by atoms with Crippen molar-refractivity contribution < 1.29 is 19.1 Å². The fraction of sp³-hybridized carbons (Fsp3) is 0.474. The summed E-state index contributed by atoms with van der Waals surface area (Å²) in [7, 11) is 0. The molecule has 6 heteroatoms. The number of carbonyl (C=O) groups is 2. The van der Waals surface area contributed by atoms with Gasteiger partial charge in [-0.1, -0.05) is 19.9 Å². The summed E-state index contributed by atoms with van der Waals surface area (Å²) in [4.78, 5) is 26.5. The maximum Gasteiger partial charge on any atom is 0.340 e. The first-order valence-corrected chi connectivity index (χ1v) is 9.25. The maximum atomic E-state index is 12.9. The monoisotopic (exact) mass is 361 g/mol. The number of carbonyl (C=O) groups excluding carboxylic acids is 2. The van der Waals surface area contributed by atoms with Crippen LogP contribution >= 0.6 is 11.3 Å². The molecule has 1 aromatic rings. The Morgan fingerprint density at radius 2 is 2.12 bits per heavy atom. The predicted octanol–water partition coefficient (Wildman–Crippen LogP) is 3.63. The van der Waals surface area contributed by atoms with Crippen LogP contribution < -0.4 is 5.73 Å². The Labute approximate surface area is 151 Å². The minimum absolute atomic E-state index is 0.00648. The van der Waals surface area contributed by atoms with Gasteiger partial charge in [0.2, 0.25) is 5.88 Å². The number of allylic oxidation sites excluding steroid dienone is 2. The van der Waals surface area contributed by atoms with E-state index in [1.807, 2.05) is 31.4 Å². The van der Waals surface area contributed by atoms with E-state index in [0.717, 1.165) is 4.88 Å². The quantitative estimate of drug-likeness (QED) is 0.832. The number of rotatable bonds is 3. The molecular formula is C19H23NO4S. The van der Waals surface area contributed by atoms with Crippen LogP contribution in [0.4, 0.5) is 0 Å². The molecule has 0 saturated carbocycles. The fourth-order valence-corrected chi connectivity index (χ4v) is 4.24. The third kappa shape index (κ3) is 3.35. The summed E-state index contributed by atoms with van der Waals surface area (Å²) >= 11 is 1.49. The molecule has 0 radical (unpaired) electrons. The lowest BCUT2D eigenvalue weighted by molar-refractivity contribution is -0.143. The van der Waals surface area contributed by atoms with Crippen LogP contribution in [-0.4, -0.2) is 17.9 Å². The molecule has 1 aliphatic heterocycles. The van der Waals surface area contributed by atoms with Gasteiger partial charge < -0.3 is 15.2 Å². The van der Waals surface area contributed by atoms with Crippen LogP contribution in [0.2, 0.25) is 0 Å². The number of thiophene rings is 1. The maximum absolute atomic E-state index is 12.9. The van der Waals surface area contributed by atoms with Crippen molar-refractivity contribution in [2.75, 3.05) is 0 Å². The number of esters is 1. The van der Waals surface area contributed by atoms with Gasteiger partial charge in [-0.05, 0) is 30.7 Å². The number of hydrogen-bond donors (Lipinski definition) is 1. The molecule has 0 unspecified atom stereocenters. The second-order valence-electron chi connectivity index (χ2n) is 7.56. The molecule has 1 aromatic heterocycles. The average molecular weight is 361 g/mol. The third-order valence-corrected chi connectivity index (χ3v) is 5.28. The molecule has 1 aliphatic carbocycles. The van der Waals surface area contributed by atoms with E-state index in [2.05, 4.69) is 0 Å². The summed E-state index contributed by atoms with van der Waals surface area (Å²) in [6.45, 7) is 7.61. The standard InChI is InChI=1S/C19H23NO4S/c1-10(2)23-18(22)16-15(13-6-5-7-25-13)14-11(21)8-19(3,4)9-12(14)24-17(16)20/h5-7,10,15H,8-9,20H2,1-4H3/t15-/m0/s1. The summed E-state index contributed by atoms with van der Waals surface area (Å²) < 4.78 is 11.1. The van der Waals surface area contributed by atoms with E-state index >= 15 is 0 Å². The van der Waals surface area contributed by atoms with Crippen molar-refractivity contribution in [3.05, 3.63) is 45.2 Å². The minimum Gasteiger partial charge on any atom is -0.459 e. The van der Waals surface area contributed by atoms with E-state index < -0.39 is 11.9 Å². The van der Waals surface area contributed by atoms with Gasteiger partial charge in [0.25, 0.3) is 0 Å². The highest BCUT2D eigenvalue weighted by atomic mass is 32.1. The van der Waals surface area contributed by atoms with Gasteiger partial charge in [0.1, 0.15) is 11.3 Å². The van der Waals surface area contributed by atoms with Crippen molar-refractivity contribution in [2.45, 2.75) is 52.6 Å². The summed E-state index contributed by atoms with van der Waals surface area (Å²) in [6, 6.07) is 3.81. The first kappa shape index (κ1) is 17.7. The molecule has 0 fully saturated rings. The fourth-order valence-electron chi connectivity index (χ4n) is 3.40. The molecule has 2 heterocycles. The minimum atomic E-state index is -0.532. The van der Waals surface area contributed by atoms with Gasteiger partial charge in [-0.2, -0.15) is 0 Å². The normalized spacial score (nSPS) is 22.8. The molecule has 5 nitrogen and oxygen atoms in total. The molecule has 2 N–H and O–H groups in total. The lowest BCUT2D eigenvalue weighted by Crippen LogP contribution is -2.35. The van der Waals surface area contributed by atoms with E-state index in [0.29, 0.717) is 24.2 Å². The van der Waals surface area contributed by atoms with Crippen molar-refractivity contribution in [2.24, 2.45) is 11.1 Å². The predicted molar refractivity (Wildman–Crippen MR) is 95.6 cm³/mol. The van der Waals surface area contributed by atoms with Gasteiger partial charge in [0, 0.05) is 23.3 Å². The van der Waals surface area contributed by atoms with Crippen molar-refractivity contribution in [3.8, 4) is 0 Å². The lowest BCUT2D eigenvalue weighted by atomic mass is 9.71.